The van der Waals surface area contributed by atoms with E-state index in [2.05, 4.69) is 0 Å². The summed E-state index contributed by atoms with van der Waals surface area (Å²) < 4.78 is 103. The Morgan fingerprint density at radius 1 is 0.500 bits per heavy atom. The van der Waals surface area contributed by atoms with E-state index in [-0.39, 0.29) is 6.92 Å². The van der Waals surface area contributed by atoms with Crippen LogP contribution in [0.2, 0.25) is 0 Å². The lowest BCUT2D eigenvalue weighted by molar-refractivity contribution is -0.152. The van der Waals surface area contributed by atoms with E-state index in [0.29, 0.717) is 13.8 Å². The summed E-state index contributed by atoms with van der Waals surface area (Å²) in [6.45, 7) is -3.57. The van der Waals surface area contributed by atoms with Crippen molar-refractivity contribution in [2.45, 2.75) is 48.2 Å². The van der Waals surface area contributed by atoms with Crippen molar-refractivity contribution in [1.82, 2.24) is 14.7 Å². The molecule has 0 spiro atoms. The molecule has 0 aliphatic heterocycles. The summed E-state index contributed by atoms with van der Waals surface area (Å²) in [5.74, 6) is -2.92. The molecule has 1 atom stereocenters. The van der Waals surface area contributed by atoms with Gasteiger partial charge >= 0.3 is 66.7 Å². The maximum atomic E-state index is 13.4. The molecule has 0 saturated carbocycles. The Labute approximate surface area is 267 Å². The summed E-state index contributed by atoms with van der Waals surface area (Å²) >= 11 is 0. The maximum Gasteiger partial charge on any atom is 0.373 e. The molecule has 0 aliphatic carbocycles. The van der Waals surface area contributed by atoms with Gasteiger partial charge in [-0.05, 0) is 20.0 Å². The molecule has 0 rings (SSSR count). The van der Waals surface area contributed by atoms with E-state index in [1.807, 2.05) is 0 Å². The molecule has 29 nitrogen and oxygen atoms in total. The monoisotopic (exact) mass is 871 g/mol. The lowest BCUT2D eigenvalue weighted by Crippen LogP contribution is -2.75. The number of nitrogens with zero attached hydrogens (tertiary/aromatic N) is 3. The average Bonchev–Trinajstić information content (AvgIpc) is 2.74. The second-order valence-electron chi connectivity index (χ2n) is 9.38. The molecule has 17 N–H and O–H groups in total. The van der Waals surface area contributed by atoms with Crippen LogP contribution in [0, 0.1) is 0 Å². The number of rotatable bonds is 18. The summed E-state index contributed by atoms with van der Waals surface area (Å²) in [6.07, 6.45) is 0. The van der Waals surface area contributed by atoms with Gasteiger partial charge in [0, 0.05) is 0 Å². The van der Waals surface area contributed by atoms with Gasteiger partial charge in [-0.25, -0.2) is 14.7 Å². The lowest BCUT2D eigenvalue weighted by atomic mass is 10.3. The van der Waals surface area contributed by atoms with Crippen molar-refractivity contribution in [3.63, 3.8) is 0 Å². The van der Waals surface area contributed by atoms with Crippen LogP contribution in [0.3, 0.4) is 0 Å². The van der Waals surface area contributed by atoms with Gasteiger partial charge in [0.25, 0.3) is 10.3 Å². The minimum atomic E-state index is -7.80. The molecule has 0 aliphatic rings. The van der Waals surface area contributed by atoms with Gasteiger partial charge in [-0.3, -0.25) is 41.3 Å². The quantitative estimate of drug-likeness (QED) is 0.0472. The van der Waals surface area contributed by atoms with E-state index < -0.39 is 122 Å². The Kier molecular flexibility index (Phi) is 14.9. The second-order valence-corrected chi connectivity index (χ2v) is 24.4. The van der Waals surface area contributed by atoms with E-state index in [9.17, 15) is 125 Å². The minimum Gasteiger partial charge on any atom is -0.480 e. The highest BCUT2D eigenvalue weighted by Crippen LogP contribution is 2.84. The SMILES string of the molecule is CCN(C(P(=O)(O)O)P(=O)(O)O)C(N([C@@H](C)C(=O)O)C(N(CC)C(P(=O)(O)O)P(=O)(O)O)(P(=O)(O)O)P(=O)(O)O)(P(=O)(O)O)P(=O)(O)O. The zero-order valence-corrected chi connectivity index (χ0v) is 31.0. The van der Waals surface area contributed by atoms with Crippen molar-refractivity contribution in [3.05, 3.63) is 0 Å². The van der Waals surface area contributed by atoms with Crippen molar-refractivity contribution >= 4 is 66.7 Å². The first kappa shape index (κ1) is 48.5. The first-order valence-corrected chi connectivity index (χ1v) is 24.8. The Hall–Kier alpha value is 0.550. The predicted molar refractivity (Wildman–Crippen MR) is 153 cm³/mol. The van der Waals surface area contributed by atoms with Crippen LogP contribution in [0.5, 0.6) is 0 Å². The molecule has 0 unspecified atom stereocenters. The molecule has 0 bridgehead atoms. The molecule has 0 aromatic rings. The summed E-state index contributed by atoms with van der Waals surface area (Å²) in [5, 5.41) is -1.91. The highest BCUT2D eigenvalue weighted by Gasteiger charge is 2.84. The second kappa shape index (κ2) is 14.8. The van der Waals surface area contributed by atoms with E-state index in [1.54, 1.807) is 0 Å². The first-order chi connectivity index (χ1) is 20.6. The van der Waals surface area contributed by atoms with Gasteiger partial charge in [-0.15, -0.1) is 0 Å². The van der Waals surface area contributed by atoms with Gasteiger partial charge in [-0.2, -0.15) is 0 Å². The minimum absolute atomic E-state index is 0.169. The number of aliphatic carboxylic acids is 1. The zero-order valence-electron chi connectivity index (χ0n) is 23.8. The van der Waals surface area contributed by atoms with Crippen LogP contribution in [0.25, 0.3) is 0 Å². The summed E-state index contributed by atoms with van der Waals surface area (Å²) in [6, 6.07) is -3.78. The molecule has 0 saturated heterocycles. The van der Waals surface area contributed by atoms with Crippen LogP contribution in [0.4, 0.5) is 0 Å². The van der Waals surface area contributed by atoms with Crippen molar-refractivity contribution in [1.29, 1.82) is 0 Å². The van der Waals surface area contributed by atoms with Crippen molar-refractivity contribution in [2.24, 2.45) is 0 Å². The summed E-state index contributed by atoms with van der Waals surface area (Å²) in [5.41, 5.74) is -8.67. The third-order valence-corrected chi connectivity index (χ3v) is 21.4. The zero-order chi connectivity index (χ0) is 39.5. The van der Waals surface area contributed by atoms with E-state index >= 15 is 0 Å². The number of carboxylic acids is 1. The van der Waals surface area contributed by atoms with Gasteiger partial charge in [0.05, 0.1) is 0 Å². The van der Waals surface area contributed by atoms with Crippen LogP contribution in [-0.4, -0.2) is 145 Å². The first-order valence-electron chi connectivity index (χ1n) is 11.6. The molecule has 0 fully saturated rings. The van der Waals surface area contributed by atoms with Crippen LogP contribution in [0.15, 0.2) is 0 Å². The molecule has 288 valence electrons. The van der Waals surface area contributed by atoms with Crippen molar-refractivity contribution in [2.75, 3.05) is 13.1 Å². The number of hydrogen-bond acceptors (Lipinski definition) is 12. The predicted octanol–water partition coefficient (Wildman–Crippen LogP) is -3.38. The lowest BCUT2D eigenvalue weighted by Gasteiger charge is -2.60. The Morgan fingerprint density at radius 2 is 0.688 bits per heavy atom. The highest BCUT2D eigenvalue weighted by atomic mass is 31.3. The van der Waals surface area contributed by atoms with Gasteiger partial charge < -0.3 is 83.4 Å². The molecule has 0 amide bonds. The van der Waals surface area contributed by atoms with Gasteiger partial charge in [0.2, 0.25) is 11.0 Å². The average molecular weight is 871 g/mol. The highest BCUT2D eigenvalue weighted by molar-refractivity contribution is 7.75. The van der Waals surface area contributed by atoms with Crippen LogP contribution >= 0.6 is 60.8 Å². The van der Waals surface area contributed by atoms with Crippen LogP contribution < -0.4 is 0 Å². The Bertz CT molecular complexity index is 1400. The number of carboxylic acid groups (broad SMARTS) is 1. The molecular weight excluding hydrogens is 838 g/mol. The number of carbonyl (C=O) groups is 1. The van der Waals surface area contributed by atoms with Crippen molar-refractivity contribution in [3.8, 4) is 0 Å². The third-order valence-electron chi connectivity index (χ3n) is 6.17. The fourth-order valence-corrected chi connectivity index (χ4v) is 19.3. The van der Waals surface area contributed by atoms with Crippen molar-refractivity contribution < 1.29 is 125 Å². The van der Waals surface area contributed by atoms with Crippen LogP contribution in [0.1, 0.15) is 20.8 Å². The van der Waals surface area contributed by atoms with Gasteiger partial charge in [0.15, 0.2) is 0 Å². The van der Waals surface area contributed by atoms with Crippen LogP contribution in [-0.2, 0) is 41.3 Å². The third kappa shape index (κ3) is 8.84. The van der Waals surface area contributed by atoms with Gasteiger partial charge in [-0.1, -0.05) is 13.8 Å². The largest absolute Gasteiger partial charge is 0.480 e. The molecular formula is C11H33N3O26P8. The molecule has 0 aromatic heterocycles. The van der Waals surface area contributed by atoms with E-state index in [0.717, 1.165) is 0 Å². The summed E-state index contributed by atoms with van der Waals surface area (Å²) in [7, 11) is -58.8. The van der Waals surface area contributed by atoms with E-state index in [1.165, 1.54) is 0 Å². The molecule has 0 heterocycles. The smallest absolute Gasteiger partial charge is 0.373 e. The molecule has 48 heavy (non-hydrogen) atoms. The maximum absolute atomic E-state index is 13.4. The molecule has 0 aromatic carbocycles. The fraction of sp³-hybridized carbons (Fsp3) is 0.909. The topological polar surface area (TPSA) is 507 Å². The summed E-state index contributed by atoms with van der Waals surface area (Å²) in [4.78, 5) is 171. The standard InChI is InChI=1S/C11H33N3O26P8/c1-4-12(8(41(17,18)19)42(20,21)22)10(45(29,30)31,46(32,33)34)14(6(3)7(15)16)11(47(35,36)37,48(38,39)40)13(5-2)9(43(23,24)25)44(26,27)28/h6,8-9H,4-5H2,1-3H3,(H,15,16)(H2,17,18,19)(H2,20,21,22)(H2,23,24,25)(H2,26,27,28)(H2,29,30,31)(H2,32,33,34)(H2,35,36,37)(H2,38,39,40)/t6-/m0/s1. The Morgan fingerprint density at radius 3 is 0.792 bits per heavy atom. The van der Waals surface area contributed by atoms with E-state index in [4.69, 9.17) is 0 Å². The molecule has 0 radical (unpaired) electrons. The fourth-order valence-electron chi connectivity index (χ4n) is 4.86. The normalized spacial score (nSPS) is 16.4. The molecule has 37 heteroatoms. The Balaban J connectivity index is 10.1. The number of hydrogen-bond donors (Lipinski definition) is 17. The van der Waals surface area contributed by atoms with Gasteiger partial charge in [0.1, 0.15) is 6.04 Å².